The summed E-state index contributed by atoms with van der Waals surface area (Å²) in [4.78, 5) is 28.5. The Hall–Kier alpha value is -2.12. The third-order valence-electron chi connectivity index (χ3n) is 5.07. The zero-order valence-corrected chi connectivity index (χ0v) is 17.0. The molecule has 7 nitrogen and oxygen atoms in total. The van der Waals surface area contributed by atoms with Crippen LogP contribution in [0.4, 0.5) is 10.5 Å². The lowest BCUT2D eigenvalue weighted by atomic mass is 9.97. The molecule has 1 amide bonds. The second-order valence-electron chi connectivity index (χ2n) is 8.62. The number of carbonyl (C=O) groups is 2. The number of ether oxygens (including phenoxy) is 2. The molecule has 0 saturated carbocycles. The van der Waals surface area contributed by atoms with E-state index in [0.717, 1.165) is 30.6 Å². The molecule has 7 heteroatoms. The van der Waals surface area contributed by atoms with Crippen LogP contribution in [0.15, 0.2) is 24.3 Å². The first-order valence-electron chi connectivity index (χ1n) is 9.97. The van der Waals surface area contributed by atoms with Crippen LogP contribution in [0.1, 0.15) is 39.2 Å². The van der Waals surface area contributed by atoms with E-state index in [1.54, 1.807) is 4.90 Å². The summed E-state index contributed by atoms with van der Waals surface area (Å²) in [5.74, 6) is -0.257. The second-order valence-corrected chi connectivity index (χ2v) is 8.62. The quantitative estimate of drug-likeness (QED) is 0.779. The van der Waals surface area contributed by atoms with Crippen molar-refractivity contribution in [1.82, 2.24) is 4.90 Å². The molecule has 1 aromatic carbocycles. The van der Waals surface area contributed by atoms with Crippen molar-refractivity contribution in [3.63, 3.8) is 0 Å². The number of rotatable bonds is 5. The van der Waals surface area contributed by atoms with Crippen molar-refractivity contribution in [1.29, 1.82) is 0 Å². The van der Waals surface area contributed by atoms with Crippen LogP contribution in [0.3, 0.4) is 0 Å². The van der Waals surface area contributed by atoms with Crippen molar-refractivity contribution in [2.24, 2.45) is 11.7 Å². The van der Waals surface area contributed by atoms with E-state index in [1.807, 2.05) is 45.0 Å². The van der Waals surface area contributed by atoms with Gasteiger partial charge in [0.2, 0.25) is 0 Å². The highest BCUT2D eigenvalue weighted by Crippen LogP contribution is 2.25. The predicted octanol–water partition coefficient (Wildman–Crippen LogP) is 2.52. The van der Waals surface area contributed by atoms with Crippen LogP contribution >= 0.6 is 0 Å². The first-order chi connectivity index (χ1) is 13.2. The number of anilines is 1. The number of hydrogen-bond donors (Lipinski definition) is 1. The number of amides is 1. The zero-order chi connectivity index (χ0) is 20.3. The van der Waals surface area contributed by atoms with E-state index < -0.39 is 5.60 Å². The van der Waals surface area contributed by atoms with E-state index in [-0.39, 0.29) is 24.1 Å². The SMILES string of the molecule is CC(C)(C)OC(=O)C1CCCN(CC2CN(c3ccc(CN)cc3)C(=O)O2)C1. The van der Waals surface area contributed by atoms with E-state index >= 15 is 0 Å². The lowest BCUT2D eigenvalue weighted by Gasteiger charge is -2.33. The van der Waals surface area contributed by atoms with Gasteiger partial charge in [-0.15, -0.1) is 0 Å². The number of likely N-dealkylation sites (tertiary alicyclic amines) is 1. The van der Waals surface area contributed by atoms with E-state index in [4.69, 9.17) is 15.2 Å². The van der Waals surface area contributed by atoms with E-state index in [2.05, 4.69) is 4.90 Å². The number of cyclic esters (lactones) is 1. The van der Waals surface area contributed by atoms with Gasteiger partial charge in [-0.2, -0.15) is 0 Å². The summed E-state index contributed by atoms with van der Waals surface area (Å²) in [7, 11) is 0. The molecule has 2 heterocycles. The molecule has 0 radical (unpaired) electrons. The van der Waals surface area contributed by atoms with Crippen molar-refractivity contribution < 1.29 is 19.1 Å². The molecular formula is C21H31N3O4. The van der Waals surface area contributed by atoms with E-state index in [1.165, 1.54) is 0 Å². The summed E-state index contributed by atoms with van der Waals surface area (Å²) in [6.07, 6.45) is 1.25. The maximum absolute atomic E-state index is 12.4. The molecule has 0 spiro atoms. The Morgan fingerprint density at radius 3 is 2.61 bits per heavy atom. The summed E-state index contributed by atoms with van der Waals surface area (Å²) in [6.45, 7) is 8.82. The Kier molecular flexibility index (Phi) is 6.25. The third kappa shape index (κ3) is 5.23. The number of piperidine rings is 1. The average Bonchev–Trinajstić information content (AvgIpc) is 3.00. The van der Waals surface area contributed by atoms with Gasteiger partial charge in [-0.25, -0.2) is 4.79 Å². The number of nitrogens with two attached hydrogens (primary N) is 1. The summed E-state index contributed by atoms with van der Waals surface area (Å²) >= 11 is 0. The van der Waals surface area contributed by atoms with Gasteiger partial charge in [0.05, 0.1) is 12.5 Å². The molecule has 2 unspecified atom stereocenters. The smallest absolute Gasteiger partial charge is 0.414 e. The number of hydrogen-bond acceptors (Lipinski definition) is 6. The van der Waals surface area contributed by atoms with Gasteiger partial charge in [-0.3, -0.25) is 14.6 Å². The van der Waals surface area contributed by atoms with E-state index in [9.17, 15) is 9.59 Å². The van der Waals surface area contributed by atoms with Crippen LogP contribution < -0.4 is 10.6 Å². The van der Waals surface area contributed by atoms with Crippen LogP contribution in [0.2, 0.25) is 0 Å². The number of carbonyl (C=O) groups excluding carboxylic acids is 2. The molecule has 2 atom stereocenters. The normalized spacial score (nSPS) is 23.6. The highest BCUT2D eigenvalue weighted by molar-refractivity contribution is 5.89. The molecular weight excluding hydrogens is 358 g/mol. The van der Waals surface area contributed by atoms with Gasteiger partial charge >= 0.3 is 12.1 Å². The van der Waals surface area contributed by atoms with Crippen LogP contribution in [0, 0.1) is 5.92 Å². The molecule has 28 heavy (non-hydrogen) atoms. The summed E-state index contributed by atoms with van der Waals surface area (Å²) in [5, 5.41) is 0. The van der Waals surface area contributed by atoms with Crippen molar-refractivity contribution >= 4 is 17.7 Å². The molecule has 154 valence electrons. The average molecular weight is 389 g/mol. The Balaban J connectivity index is 1.55. The lowest BCUT2D eigenvalue weighted by molar-refractivity contribution is -0.162. The highest BCUT2D eigenvalue weighted by atomic mass is 16.6. The van der Waals surface area contributed by atoms with Crippen LogP contribution in [-0.2, 0) is 20.8 Å². The van der Waals surface area contributed by atoms with Gasteiger partial charge < -0.3 is 15.2 Å². The highest BCUT2D eigenvalue weighted by Gasteiger charge is 2.36. The maximum Gasteiger partial charge on any atom is 0.414 e. The minimum absolute atomic E-state index is 0.120. The van der Waals surface area contributed by atoms with Crippen molar-refractivity contribution in [2.45, 2.75) is 51.9 Å². The molecule has 1 aromatic rings. The summed E-state index contributed by atoms with van der Waals surface area (Å²) < 4.78 is 11.1. The molecule has 0 aliphatic carbocycles. The van der Waals surface area contributed by atoms with Gasteiger partial charge in [-0.1, -0.05) is 12.1 Å². The topological polar surface area (TPSA) is 85.1 Å². The summed E-state index contributed by atoms with van der Waals surface area (Å²) in [5.41, 5.74) is 6.99. The molecule has 0 aromatic heterocycles. The minimum atomic E-state index is -0.472. The molecule has 0 bridgehead atoms. The number of esters is 1. The monoisotopic (exact) mass is 389 g/mol. The van der Waals surface area contributed by atoms with Crippen molar-refractivity contribution in [3.8, 4) is 0 Å². The molecule has 2 N–H and O–H groups in total. The lowest BCUT2D eigenvalue weighted by Crippen LogP contribution is -2.44. The molecule has 2 aliphatic heterocycles. The largest absolute Gasteiger partial charge is 0.460 e. The fraction of sp³-hybridized carbons (Fsp3) is 0.619. The van der Waals surface area contributed by atoms with Gasteiger partial charge in [0.1, 0.15) is 11.7 Å². The molecule has 2 saturated heterocycles. The van der Waals surface area contributed by atoms with Gasteiger partial charge in [-0.05, 0) is 57.9 Å². The van der Waals surface area contributed by atoms with Gasteiger partial charge in [0.25, 0.3) is 0 Å². The van der Waals surface area contributed by atoms with Crippen LogP contribution in [-0.4, -0.2) is 54.8 Å². The zero-order valence-electron chi connectivity index (χ0n) is 17.0. The predicted molar refractivity (Wildman–Crippen MR) is 107 cm³/mol. The number of benzene rings is 1. The third-order valence-corrected chi connectivity index (χ3v) is 5.07. The molecule has 2 fully saturated rings. The van der Waals surface area contributed by atoms with Crippen LogP contribution in [0.5, 0.6) is 0 Å². The maximum atomic E-state index is 12.4. The molecule has 2 aliphatic rings. The summed E-state index contributed by atoms with van der Waals surface area (Å²) in [6, 6.07) is 7.63. The fourth-order valence-corrected chi connectivity index (χ4v) is 3.73. The fourth-order valence-electron chi connectivity index (χ4n) is 3.73. The number of nitrogens with zero attached hydrogens (tertiary/aromatic N) is 2. The molecule has 3 rings (SSSR count). The second kappa shape index (κ2) is 8.49. The first kappa shape index (κ1) is 20.6. The van der Waals surface area contributed by atoms with Crippen molar-refractivity contribution in [3.05, 3.63) is 29.8 Å². The van der Waals surface area contributed by atoms with E-state index in [0.29, 0.717) is 26.2 Å². The minimum Gasteiger partial charge on any atom is -0.460 e. The van der Waals surface area contributed by atoms with Gasteiger partial charge in [0, 0.05) is 25.3 Å². The standard InChI is InChI=1S/C21H31N3O4/c1-21(2,3)28-19(25)16-5-4-10-23(12-16)13-18-14-24(20(26)27-18)17-8-6-15(11-22)7-9-17/h6-9,16,18H,4-5,10-14,22H2,1-3H3. The first-order valence-corrected chi connectivity index (χ1v) is 9.97. The van der Waals surface area contributed by atoms with Crippen molar-refractivity contribution in [2.75, 3.05) is 31.1 Å². The Bertz CT molecular complexity index is 699. The Morgan fingerprint density at radius 1 is 1.25 bits per heavy atom. The Morgan fingerprint density at radius 2 is 1.96 bits per heavy atom. The van der Waals surface area contributed by atoms with Crippen LogP contribution in [0.25, 0.3) is 0 Å². The van der Waals surface area contributed by atoms with Gasteiger partial charge in [0.15, 0.2) is 0 Å². The Labute approximate surface area is 166 Å².